The van der Waals surface area contributed by atoms with Crippen molar-refractivity contribution in [2.24, 2.45) is 0 Å². The standard InChI is InChI=1S/C24H23ClN2O5/c1-30-18-5-3-2-4-16(18)21-20-22(28)17-14-15(25)6-7-19(17)32-23(20)24(29)27(21)9-8-26-10-12-31-13-11-26/h2-7,14,21H,8-13H2,1H3. The predicted octanol–water partition coefficient (Wildman–Crippen LogP) is 3.33. The molecule has 0 spiro atoms. The van der Waals surface area contributed by atoms with Crippen molar-refractivity contribution in [1.29, 1.82) is 0 Å². The van der Waals surface area contributed by atoms with Crippen LogP contribution >= 0.6 is 11.6 Å². The molecule has 0 aliphatic carbocycles. The molecule has 1 fully saturated rings. The molecule has 8 heteroatoms. The molecule has 3 aromatic rings. The summed E-state index contributed by atoms with van der Waals surface area (Å²) in [7, 11) is 1.58. The number of ether oxygens (including phenoxy) is 2. The monoisotopic (exact) mass is 454 g/mol. The number of rotatable bonds is 5. The summed E-state index contributed by atoms with van der Waals surface area (Å²) in [5.74, 6) is 0.404. The van der Waals surface area contributed by atoms with E-state index < -0.39 is 6.04 Å². The van der Waals surface area contributed by atoms with Crippen molar-refractivity contribution < 1.29 is 18.7 Å². The van der Waals surface area contributed by atoms with Gasteiger partial charge in [-0.1, -0.05) is 29.8 Å². The molecule has 1 aromatic heterocycles. The van der Waals surface area contributed by atoms with Gasteiger partial charge in [-0.15, -0.1) is 0 Å². The molecule has 0 N–H and O–H groups in total. The van der Waals surface area contributed by atoms with E-state index in [2.05, 4.69) is 4.90 Å². The Bertz CT molecular complexity index is 1230. The van der Waals surface area contributed by atoms with Crippen molar-refractivity contribution in [3.05, 3.63) is 74.6 Å². The Morgan fingerprint density at radius 1 is 1.09 bits per heavy atom. The van der Waals surface area contributed by atoms with E-state index in [-0.39, 0.29) is 17.1 Å². The van der Waals surface area contributed by atoms with Crippen LogP contribution in [-0.2, 0) is 4.74 Å². The van der Waals surface area contributed by atoms with Crippen LogP contribution in [-0.4, -0.2) is 62.2 Å². The zero-order chi connectivity index (χ0) is 22.2. The van der Waals surface area contributed by atoms with Crippen LogP contribution in [0.3, 0.4) is 0 Å². The Hall–Kier alpha value is -2.87. The zero-order valence-electron chi connectivity index (χ0n) is 17.7. The zero-order valence-corrected chi connectivity index (χ0v) is 18.4. The van der Waals surface area contributed by atoms with Crippen LogP contribution in [0, 0.1) is 0 Å². The lowest BCUT2D eigenvalue weighted by Gasteiger charge is -2.31. The van der Waals surface area contributed by atoms with Gasteiger partial charge in [-0.3, -0.25) is 14.5 Å². The van der Waals surface area contributed by atoms with Crippen molar-refractivity contribution in [3.8, 4) is 5.75 Å². The van der Waals surface area contributed by atoms with Crippen LogP contribution in [0.4, 0.5) is 0 Å². The number of morpholine rings is 1. The number of carbonyl (C=O) groups is 1. The third kappa shape index (κ3) is 3.56. The molecule has 1 atom stereocenters. The Morgan fingerprint density at radius 3 is 2.66 bits per heavy atom. The van der Waals surface area contributed by atoms with Crippen molar-refractivity contribution in [2.45, 2.75) is 6.04 Å². The molecule has 7 nitrogen and oxygen atoms in total. The minimum atomic E-state index is -0.602. The lowest BCUT2D eigenvalue weighted by atomic mass is 9.97. The summed E-state index contributed by atoms with van der Waals surface area (Å²) in [4.78, 5) is 31.1. The average molecular weight is 455 g/mol. The molecule has 1 saturated heterocycles. The first kappa shape index (κ1) is 21.0. The van der Waals surface area contributed by atoms with Crippen molar-refractivity contribution in [1.82, 2.24) is 9.80 Å². The highest BCUT2D eigenvalue weighted by atomic mass is 35.5. The maximum absolute atomic E-state index is 13.6. The van der Waals surface area contributed by atoms with E-state index >= 15 is 0 Å². The van der Waals surface area contributed by atoms with Crippen LogP contribution in [0.2, 0.25) is 5.02 Å². The number of hydrogen-bond donors (Lipinski definition) is 0. The van der Waals surface area contributed by atoms with Gasteiger partial charge in [0, 0.05) is 36.8 Å². The van der Waals surface area contributed by atoms with Gasteiger partial charge in [-0.05, 0) is 24.3 Å². The summed E-state index contributed by atoms with van der Waals surface area (Å²) in [6.07, 6.45) is 0. The number of nitrogens with zero attached hydrogens (tertiary/aromatic N) is 2. The van der Waals surface area contributed by atoms with Crippen LogP contribution in [0.25, 0.3) is 11.0 Å². The number of carbonyl (C=O) groups excluding carboxylic acids is 1. The summed E-state index contributed by atoms with van der Waals surface area (Å²) in [6, 6.07) is 11.7. The van der Waals surface area contributed by atoms with Gasteiger partial charge in [0.15, 0.2) is 5.43 Å². The normalized spacial score (nSPS) is 18.9. The van der Waals surface area contributed by atoms with Crippen molar-refractivity contribution in [2.75, 3.05) is 46.5 Å². The largest absolute Gasteiger partial charge is 0.496 e. The van der Waals surface area contributed by atoms with E-state index in [9.17, 15) is 9.59 Å². The fourth-order valence-electron chi connectivity index (χ4n) is 4.51. The highest BCUT2D eigenvalue weighted by Gasteiger charge is 2.43. The quantitative estimate of drug-likeness (QED) is 0.589. The van der Waals surface area contributed by atoms with E-state index in [1.807, 2.05) is 24.3 Å². The number of methoxy groups -OCH3 is 1. The lowest BCUT2D eigenvalue weighted by Crippen LogP contribution is -2.42. The van der Waals surface area contributed by atoms with Gasteiger partial charge in [-0.2, -0.15) is 0 Å². The molecule has 5 rings (SSSR count). The lowest BCUT2D eigenvalue weighted by molar-refractivity contribution is 0.0314. The molecule has 1 amide bonds. The topological polar surface area (TPSA) is 72.2 Å². The minimum Gasteiger partial charge on any atom is -0.496 e. The highest BCUT2D eigenvalue weighted by molar-refractivity contribution is 6.31. The Labute approximate surface area is 190 Å². The molecule has 32 heavy (non-hydrogen) atoms. The Morgan fingerprint density at radius 2 is 1.88 bits per heavy atom. The van der Waals surface area contributed by atoms with Crippen LogP contribution < -0.4 is 10.2 Å². The molecule has 0 radical (unpaired) electrons. The number of halogens is 1. The molecule has 2 aromatic carbocycles. The van der Waals surface area contributed by atoms with Gasteiger partial charge in [0.1, 0.15) is 11.3 Å². The summed E-state index contributed by atoms with van der Waals surface area (Å²) in [5, 5.41) is 0.797. The number of hydrogen-bond acceptors (Lipinski definition) is 6. The average Bonchev–Trinajstić information content (AvgIpc) is 3.10. The Kier molecular flexibility index (Phi) is 5.63. The fraction of sp³-hybridized carbons (Fsp3) is 0.333. The van der Waals surface area contributed by atoms with Gasteiger partial charge in [0.2, 0.25) is 5.76 Å². The highest BCUT2D eigenvalue weighted by Crippen LogP contribution is 2.41. The van der Waals surface area contributed by atoms with E-state index in [1.165, 1.54) is 0 Å². The maximum atomic E-state index is 13.6. The Balaban J connectivity index is 1.64. The molecule has 2 aliphatic heterocycles. The summed E-state index contributed by atoms with van der Waals surface area (Å²) in [6.45, 7) is 4.10. The van der Waals surface area contributed by atoms with Gasteiger partial charge in [-0.25, -0.2) is 0 Å². The predicted molar refractivity (Wildman–Crippen MR) is 121 cm³/mol. The van der Waals surface area contributed by atoms with Crippen molar-refractivity contribution in [3.63, 3.8) is 0 Å². The van der Waals surface area contributed by atoms with E-state index in [0.717, 1.165) is 18.7 Å². The molecular formula is C24H23ClN2O5. The number of para-hydroxylation sites is 1. The molecule has 2 aliphatic rings. The second-order valence-corrected chi connectivity index (χ2v) is 8.35. The minimum absolute atomic E-state index is 0.0858. The summed E-state index contributed by atoms with van der Waals surface area (Å²) >= 11 is 6.14. The number of fused-ring (bicyclic) bond motifs is 2. The number of amides is 1. The maximum Gasteiger partial charge on any atom is 0.290 e. The third-order valence-corrected chi connectivity index (χ3v) is 6.36. The fourth-order valence-corrected chi connectivity index (χ4v) is 4.68. The second kappa shape index (κ2) is 8.58. The van der Waals surface area contributed by atoms with Gasteiger partial charge in [0.25, 0.3) is 5.91 Å². The van der Waals surface area contributed by atoms with Gasteiger partial charge >= 0.3 is 0 Å². The first-order valence-corrected chi connectivity index (χ1v) is 11.0. The van der Waals surface area contributed by atoms with E-state index in [0.29, 0.717) is 53.6 Å². The van der Waals surface area contributed by atoms with Gasteiger partial charge in [0.05, 0.1) is 37.3 Å². The third-order valence-electron chi connectivity index (χ3n) is 6.12. The van der Waals surface area contributed by atoms with Gasteiger partial charge < -0.3 is 18.8 Å². The number of benzene rings is 2. The SMILES string of the molecule is COc1ccccc1C1c2c(oc3ccc(Cl)cc3c2=O)C(=O)N1CCN1CCOCC1. The molecule has 3 heterocycles. The van der Waals surface area contributed by atoms with Crippen LogP contribution in [0.1, 0.15) is 27.7 Å². The molecule has 1 unspecified atom stereocenters. The van der Waals surface area contributed by atoms with E-state index in [1.54, 1.807) is 30.2 Å². The van der Waals surface area contributed by atoms with Crippen LogP contribution in [0.15, 0.2) is 51.7 Å². The first-order valence-electron chi connectivity index (χ1n) is 10.6. The van der Waals surface area contributed by atoms with Crippen LogP contribution in [0.5, 0.6) is 5.75 Å². The van der Waals surface area contributed by atoms with Crippen molar-refractivity contribution >= 4 is 28.5 Å². The molecule has 166 valence electrons. The second-order valence-electron chi connectivity index (χ2n) is 7.91. The first-order chi connectivity index (χ1) is 15.6. The summed E-state index contributed by atoms with van der Waals surface area (Å²) in [5.41, 5.74) is 1.18. The molecule has 0 bridgehead atoms. The smallest absolute Gasteiger partial charge is 0.290 e. The molecule has 0 saturated carbocycles. The molecular weight excluding hydrogens is 432 g/mol. The summed E-state index contributed by atoms with van der Waals surface area (Å²) < 4.78 is 17.0. The van der Waals surface area contributed by atoms with E-state index in [4.69, 9.17) is 25.5 Å².